The van der Waals surface area contributed by atoms with Gasteiger partial charge in [-0.25, -0.2) is 14.6 Å². The Morgan fingerprint density at radius 1 is 1.29 bits per heavy atom. The smallest absolute Gasteiger partial charge is 0.413 e. The molecule has 7 heteroatoms. The van der Waals surface area contributed by atoms with E-state index in [1.807, 2.05) is 20.8 Å². The highest BCUT2D eigenvalue weighted by molar-refractivity contribution is 7.16. The Kier molecular flexibility index (Phi) is 7.94. The predicted molar refractivity (Wildman–Crippen MR) is 84.0 cm³/mol. The molecule has 0 fully saturated rings. The number of esters is 1. The standard InChI is InChI=1S/C12H18N2O4S.C2H6/c1-6-7-8(9(15)17-5)13-10(19-7)14-11(16)18-12(2,3)4;1-2/h6H2,1-5H3,(H,13,14,16);1-2H3. The molecule has 0 radical (unpaired) electrons. The fraction of sp³-hybridized carbons (Fsp3) is 0.643. The van der Waals surface area contributed by atoms with Crippen LogP contribution in [0, 0.1) is 0 Å². The largest absolute Gasteiger partial charge is 0.464 e. The number of methoxy groups -OCH3 is 1. The lowest BCUT2D eigenvalue weighted by molar-refractivity contribution is 0.0589. The first-order chi connectivity index (χ1) is 9.76. The van der Waals surface area contributed by atoms with Crippen LogP contribution < -0.4 is 5.32 Å². The van der Waals surface area contributed by atoms with Gasteiger partial charge in [-0.15, -0.1) is 11.3 Å². The molecule has 0 unspecified atom stereocenters. The molecule has 0 spiro atoms. The van der Waals surface area contributed by atoms with Gasteiger partial charge in [0.15, 0.2) is 10.8 Å². The number of hydrogen-bond donors (Lipinski definition) is 1. The van der Waals surface area contributed by atoms with E-state index in [9.17, 15) is 9.59 Å². The van der Waals surface area contributed by atoms with E-state index < -0.39 is 17.7 Å². The lowest BCUT2D eigenvalue weighted by Crippen LogP contribution is -2.27. The summed E-state index contributed by atoms with van der Waals surface area (Å²) in [5.41, 5.74) is -0.346. The van der Waals surface area contributed by atoms with E-state index in [0.717, 1.165) is 4.88 Å². The predicted octanol–water partition coefficient (Wildman–Crippen LogP) is 3.87. The summed E-state index contributed by atoms with van der Waals surface area (Å²) < 4.78 is 9.75. The van der Waals surface area contributed by atoms with Crippen LogP contribution in [0.1, 0.15) is 56.9 Å². The number of aryl methyl sites for hydroxylation is 1. The Balaban J connectivity index is 0.00000191. The zero-order valence-electron chi connectivity index (χ0n) is 13.7. The van der Waals surface area contributed by atoms with Crippen molar-refractivity contribution in [1.29, 1.82) is 0 Å². The molecule has 21 heavy (non-hydrogen) atoms. The fourth-order valence-electron chi connectivity index (χ4n) is 1.29. The maximum absolute atomic E-state index is 11.6. The molecule has 0 saturated carbocycles. The van der Waals surface area contributed by atoms with Crippen molar-refractivity contribution < 1.29 is 19.1 Å². The van der Waals surface area contributed by atoms with Gasteiger partial charge in [-0.2, -0.15) is 0 Å². The maximum atomic E-state index is 11.6. The number of nitrogens with one attached hydrogen (secondary N) is 1. The summed E-state index contributed by atoms with van der Waals surface area (Å²) in [6.07, 6.45) is 0.0401. The van der Waals surface area contributed by atoms with Gasteiger partial charge in [0.05, 0.1) is 7.11 Å². The molecule has 1 amide bonds. The van der Waals surface area contributed by atoms with Crippen molar-refractivity contribution in [2.75, 3.05) is 12.4 Å². The summed E-state index contributed by atoms with van der Waals surface area (Å²) in [7, 11) is 1.29. The van der Waals surface area contributed by atoms with Gasteiger partial charge < -0.3 is 9.47 Å². The molecule has 1 aromatic rings. The van der Waals surface area contributed by atoms with Crippen molar-refractivity contribution in [1.82, 2.24) is 4.98 Å². The molecule has 120 valence electrons. The number of amides is 1. The van der Waals surface area contributed by atoms with Gasteiger partial charge in [0.25, 0.3) is 0 Å². The van der Waals surface area contributed by atoms with Crippen LogP contribution in [0.25, 0.3) is 0 Å². The van der Waals surface area contributed by atoms with Gasteiger partial charge in [0, 0.05) is 4.88 Å². The quantitative estimate of drug-likeness (QED) is 0.857. The lowest BCUT2D eigenvalue weighted by Gasteiger charge is -2.18. The lowest BCUT2D eigenvalue weighted by atomic mass is 10.2. The van der Waals surface area contributed by atoms with E-state index in [2.05, 4.69) is 15.0 Å². The first kappa shape index (κ1) is 19.4. The van der Waals surface area contributed by atoms with Crippen LogP contribution in [-0.2, 0) is 15.9 Å². The number of ether oxygens (including phenoxy) is 2. The number of thiazole rings is 1. The van der Waals surface area contributed by atoms with Gasteiger partial charge in [0.1, 0.15) is 5.60 Å². The summed E-state index contributed by atoms with van der Waals surface area (Å²) in [5.74, 6) is -0.509. The molecule has 1 N–H and O–H groups in total. The highest BCUT2D eigenvalue weighted by atomic mass is 32.1. The van der Waals surface area contributed by atoms with Crippen molar-refractivity contribution in [2.45, 2.75) is 53.6 Å². The minimum Gasteiger partial charge on any atom is -0.464 e. The Morgan fingerprint density at radius 2 is 1.86 bits per heavy atom. The third kappa shape index (κ3) is 6.57. The normalized spacial score (nSPS) is 10.2. The third-order valence-corrected chi connectivity index (χ3v) is 3.12. The van der Waals surface area contributed by atoms with Crippen molar-refractivity contribution in [3.8, 4) is 0 Å². The highest BCUT2D eigenvalue weighted by Crippen LogP contribution is 2.24. The highest BCUT2D eigenvalue weighted by Gasteiger charge is 2.21. The number of anilines is 1. The van der Waals surface area contributed by atoms with Gasteiger partial charge in [-0.3, -0.25) is 5.32 Å². The topological polar surface area (TPSA) is 77.5 Å². The van der Waals surface area contributed by atoms with Crippen LogP contribution in [0.5, 0.6) is 0 Å². The number of aromatic nitrogens is 1. The molecule has 1 rings (SSSR count). The van der Waals surface area contributed by atoms with E-state index in [-0.39, 0.29) is 5.69 Å². The molecule has 0 aliphatic carbocycles. The molecule has 0 saturated heterocycles. The summed E-state index contributed by atoms with van der Waals surface area (Å²) in [6.45, 7) is 11.2. The van der Waals surface area contributed by atoms with E-state index in [1.165, 1.54) is 18.4 Å². The Hall–Kier alpha value is -1.63. The van der Waals surface area contributed by atoms with Crippen LogP contribution in [0.4, 0.5) is 9.93 Å². The number of hydrogen-bond acceptors (Lipinski definition) is 6. The second-order valence-corrected chi connectivity index (χ2v) is 5.85. The molecule has 1 aromatic heterocycles. The second kappa shape index (κ2) is 8.61. The molecule has 1 heterocycles. The minimum atomic E-state index is -0.597. The van der Waals surface area contributed by atoms with Crippen molar-refractivity contribution >= 4 is 28.5 Å². The van der Waals surface area contributed by atoms with Gasteiger partial charge in [0.2, 0.25) is 0 Å². The molecule has 0 aliphatic heterocycles. The van der Waals surface area contributed by atoms with E-state index in [1.54, 1.807) is 20.8 Å². The Bertz CT molecular complexity index is 478. The SMILES string of the molecule is CC.CCc1sc(NC(=O)OC(C)(C)C)nc1C(=O)OC. The monoisotopic (exact) mass is 316 g/mol. The summed E-state index contributed by atoms with van der Waals surface area (Å²) in [4.78, 5) is 27.9. The first-order valence-corrected chi connectivity index (χ1v) is 7.66. The molecule has 6 nitrogen and oxygen atoms in total. The van der Waals surface area contributed by atoms with Crippen LogP contribution in [0.3, 0.4) is 0 Å². The van der Waals surface area contributed by atoms with Gasteiger partial charge >= 0.3 is 12.1 Å². The molecule has 0 atom stereocenters. The average Bonchev–Trinajstić information content (AvgIpc) is 2.80. The number of carbonyl (C=O) groups excluding carboxylic acids is 2. The average molecular weight is 316 g/mol. The number of rotatable bonds is 3. The summed E-state index contributed by atoms with van der Waals surface area (Å²) in [5, 5.41) is 2.84. The van der Waals surface area contributed by atoms with Crippen LogP contribution >= 0.6 is 11.3 Å². The van der Waals surface area contributed by atoms with Crippen LogP contribution in [0.15, 0.2) is 0 Å². The number of nitrogens with zero attached hydrogens (tertiary/aromatic N) is 1. The van der Waals surface area contributed by atoms with Crippen LogP contribution in [-0.4, -0.2) is 29.8 Å². The second-order valence-electron chi connectivity index (χ2n) is 4.76. The first-order valence-electron chi connectivity index (χ1n) is 6.84. The third-order valence-electron chi connectivity index (χ3n) is 2.01. The minimum absolute atomic E-state index is 0.237. The zero-order chi connectivity index (χ0) is 16.6. The summed E-state index contributed by atoms with van der Waals surface area (Å²) >= 11 is 1.23. The van der Waals surface area contributed by atoms with Crippen molar-refractivity contribution in [3.63, 3.8) is 0 Å². The van der Waals surface area contributed by atoms with E-state index in [4.69, 9.17) is 4.74 Å². The molecule has 0 bridgehead atoms. The zero-order valence-corrected chi connectivity index (χ0v) is 14.5. The van der Waals surface area contributed by atoms with Gasteiger partial charge in [-0.05, 0) is 27.2 Å². The maximum Gasteiger partial charge on any atom is 0.413 e. The molecule has 0 aliphatic rings. The molecular formula is C14H24N2O4S. The Labute approximate surface area is 129 Å². The molecule has 0 aromatic carbocycles. The van der Waals surface area contributed by atoms with Crippen molar-refractivity contribution in [2.24, 2.45) is 0 Å². The van der Waals surface area contributed by atoms with E-state index in [0.29, 0.717) is 11.6 Å². The van der Waals surface area contributed by atoms with Gasteiger partial charge in [-0.1, -0.05) is 20.8 Å². The fourth-order valence-corrected chi connectivity index (χ4v) is 2.17. The Morgan fingerprint density at radius 3 is 2.29 bits per heavy atom. The molecular weight excluding hydrogens is 292 g/mol. The summed E-state index contributed by atoms with van der Waals surface area (Å²) in [6, 6.07) is 0. The van der Waals surface area contributed by atoms with E-state index >= 15 is 0 Å². The van der Waals surface area contributed by atoms with Crippen LogP contribution in [0.2, 0.25) is 0 Å². The number of carbonyl (C=O) groups is 2. The van der Waals surface area contributed by atoms with Crippen molar-refractivity contribution in [3.05, 3.63) is 10.6 Å².